The van der Waals surface area contributed by atoms with Gasteiger partial charge in [0.05, 0.1) is 5.56 Å². The average molecular weight is 349 g/mol. The van der Waals surface area contributed by atoms with Crippen molar-refractivity contribution in [3.8, 4) is 0 Å². The molecule has 0 aliphatic heterocycles. The number of carbonyl (C=O) groups is 1. The van der Waals surface area contributed by atoms with E-state index in [1.54, 1.807) is 0 Å². The molecular formula is C12H11Cl3F3NO. The summed E-state index contributed by atoms with van der Waals surface area (Å²) < 4.78 is 35.8. The minimum Gasteiger partial charge on any atom is -0.349 e. The standard InChI is InChI=1S/C12H11Cl3F3NO/c13-5-4-11(14,15)10(20)19-7-8-2-1-3-9(6-8)12(16,17)18/h1-3,6H,4-5,7H2,(H,19,20). The topological polar surface area (TPSA) is 29.1 Å². The number of rotatable bonds is 5. The minimum absolute atomic E-state index is 0.0338. The average Bonchev–Trinajstić information content (AvgIpc) is 2.35. The van der Waals surface area contributed by atoms with Crippen LogP contribution >= 0.6 is 34.8 Å². The van der Waals surface area contributed by atoms with Crippen LogP contribution in [0.2, 0.25) is 0 Å². The summed E-state index contributed by atoms with van der Waals surface area (Å²) in [6, 6.07) is 4.62. The van der Waals surface area contributed by atoms with E-state index in [2.05, 4.69) is 5.32 Å². The molecule has 2 nitrogen and oxygen atoms in total. The van der Waals surface area contributed by atoms with Gasteiger partial charge in [0.2, 0.25) is 0 Å². The van der Waals surface area contributed by atoms with Gasteiger partial charge in [-0.15, -0.1) is 11.6 Å². The Morgan fingerprint density at radius 3 is 2.45 bits per heavy atom. The van der Waals surface area contributed by atoms with Gasteiger partial charge in [0, 0.05) is 18.8 Å². The van der Waals surface area contributed by atoms with E-state index in [4.69, 9.17) is 34.8 Å². The molecule has 8 heteroatoms. The Labute approximate surface area is 129 Å². The third kappa shape index (κ3) is 5.04. The van der Waals surface area contributed by atoms with Crippen LogP contribution in [0.15, 0.2) is 24.3 Å². The molecule has 0 spiro atoms. The highest BCUT2D eigenvalue weighted by molar-refractivity contribution is 6.58. The van der Waals surface area contributed by atoms with Gasteiger partial charge >= 0.3 is 6.18 Å². The van der Waals surface area contributed by atoms with Crippen LogP contribution in [0.3, 0.4) is 0 Å². The molecule has 1 rings (SSSR count). The first-order valence-corrected chi connectivity index (χ1v) is 6.84. The van der Waals surface area contributed by atoms with E-state index in [1.807, 2.05) is 0 Å². The van der Waals surface area contributed by atoms with Crippen LogP contribution in [0.25, 0.3) is 0 Å². The molecule has 0 saturated heterocycles. The highest BCUT2D eigenvalue weighted by atomic mass is 35.5. The second-order valence-electron chi connectivity index (χ2n) is 4.02. The van der Waals surface area contributed by atoms with Gasteiger partial charge in [0.15, 0.2) is 4.33 Å². The van der Waals surface area contributed by atoms with Gasteiger partial charge < -0.3 is 5.32 Å². The molecule has 112 valence electrons. The summed E-state index contributed by atoms with van der Waals surface area (Å²) >= 11 is 16.9. The smallest absolute Gasteiger partial charge is 0.349 e. The molecule has 0 saturated carbocycles. The Morgan fingerprint density at radius 2 is 1.90 bits per heavy atom. The summed E-state index contributed by atoms with van der Waals surface area (Å²) in [5.74, 6) is -0.608. The van der Waals surface area contributed by atoms with E-state index >= 15 is 0 Å². The van der Waals surface area contributed by atoms with Crippen LogP contribution in [-0.4, -0.2) is 16.1 Å². The predicted octanol–water partition coefficient (Wildman–Crippen LogP) is 4.12. The van der Waals surface area contributed by atoms with Gasteiger partial charge in [-0.1, -0.05) is 35.3 Å². The number of hydrogen-bond acceptors (Lipinski definition) is 1. The number of alkyl halides is 6. The highest BCUT2D eigenvalue weighted by Gasteiger charge is 2.33. The van der Waals surface area contributed by atoms with Crippen molar-refractivity contribution in [2.24, 2.45) is 0 Å². The van der Waals surface area contributed by atoms with Crippen molar-refractivity contribution in [2.75, 3.05) is 5.88 Å². The van der Waals surface area contributed by atoms with E-state index in [1.165, 1.54) is 12.1 Å². The van der Waals surface area contributed by atoms with Crippen LogP contribution in [0.4, 0.5) is 13.2 Å². The maximum atomic E-state index is 12.5. The number of carbonyl (C=O) groups excluding carboxylic acids is 1. The van der Waals surface area contributed by atoms with Gasteiger partial charge in [-0.05, 0) is 17.7 Å². The molecule has 0 atom stereocenters. The fourth-order valence-corrected chi connectivity index (χ4v) is 2.20. The Kier molecular flexibility index (Phi) is 5.98. The summed E-state index contributed by atoms with van der Waals surface area (Å²) in [6.45, 7) is -0.105. The van der Waals surface area contributed by atoms with E-state index in [0.717, 1.165) is 12.1 Å². The molecule has 1 amide bonds. The zero-order chi connectivity index (χ0) is 15.4. The first-order valence-electron chi connectivity index (χ1n) is 5.55. The normalized spacial score (nSPS) is 12.3. The first kappa shape index (κ1) is 17.4. The zero-order valence-electron chi connectivity index (χ0n) is 10.1. The molecule has 0 fully saturated rings. The summed E-state index contributed by atoms with van der Waals surface area (Å²) in [5, 5.41) is 2.37. The van der Waals surface area contributed by atoms with E-state index in [-0.39, 0.29) is 18.8 Å². The van der Waals surface area contributed by atoms with Gasteiger partial charge in [0.1, 0.15) is 0 Å². The van der Waals surface area contributed by atoms with Gasteiger partial charge in [-0.25, -0.2) is 0 Å². The van der Waals surface area contributed by atoms with Crippen LogP contribution in [0.1, 0.15) is 17.5 Å². The van der Waals surface area contributed by atoms with Crippen molar-refractivity contribution in [1.29, 1.82) is 0 Å². The summed E-state index contributed by atoms with van der Waals surface area (Å²) in [5.41, 5.74) is -0.490. The molecule has 1 aromatic carbocycles. The van der Waals surface area contributed by atoms with Crippen LogP contribution in [0, 0.1) is 0 Å². The van der Waals surface area contributed by atoms with Crippen molar-refractivity contribution in [3.05, 3.63) is 35.4 Å². The minimum atomic E-state index is -4.43. The zero-order valence-corrected chi connectivity index (χ0v) is 12.4. The maximum absolute atomic E-state index is 12.5. The Bertz CT molecular complexity index is 477. The third-order valence-electron chi connectivity index (χ3n) is 2.45. The molecule has 0 aliphatic carbocycles. The SMILES string of the molecule is O=C(NCc1cccc(C(F)(F)F)c1)C(Cl)(Cl)CCCl. The summed E-state index contributed by atoms with van der Waals surface area (Å²) in [4.78, 5) is 11.7. The number of amides is 1. The monoisotopic (exact) mass is 347 g/mol. The fraction of sp³-hybridized carbons (Fsp3) is 0.417. The molecule has 0 bridgehead atoms. The van der Waals surface area contributed by atoms with Gasteiger partial charge in [-0.2, -0.15) is 13.2 Å². The Morgan fingerprint density at radius 1 is 1.25 bits per heavy atom. The van der Waals surface area contributed by atoms with Crippen LogP contribution < -0.4 is 5.32 Å². The van der Waals surface area contributed by atoms with Gasteiger partial charge in [-0.3, -0.25) is 4.79 Å². The van der Waals surface area contributed by atoms with E-state index < -0.39 is 22.0 Å². The summed E-state index contributed by atoms with van der Waals surface area (Å²) in [7, 11) is 0. The number of benzene rings is 1. The van der Waals surface area contributed by atoms with Crippen molar-refractivity contribution < 1.29 is 18.0 Å². The second kappa shape index (κ2) is 6.87. The quantitative estimate of drug-likeness (QED) is 0.797. The molecule has 0 aliphatic rings. The number of halogens is 6. The van der Waals surface area contributed by atoms with Crippen LogP contribution in [0.5, 0.6) is 0 Å². The summed E-state index contributed by atoms with van der Waals surface area (Å²) in [6.07, 6.45) is -4.40. The van der Waals surface area contributed by atoms with E-state index in [0.29, 0.717) is 5.56 Å². The number of nitrogens with one attached hydrogen (secondary N) is 1. The lowest BCUT2D eigenvalue weighted by Crippen LogP contribution is -2.38. The van der Waals surface area contributed by atoms with Crippen molar-refractivity contribution in [1.82, 2.24) is 5.32 Å². The molecule has 0 heterocycles. The molecule has 20 heavy (non-hydrogen) atoms. The Hall–Kier alpha value is -0.650. The predicted molar refractivity (Wildman–Crippen MR) is 73.1 cm³/mol. The highest BCUT2D eigenvalue weighted by Crippen LogP contribution is 2.30. The van der Waals surface area contributed by atoms with Crippen molar-refractivity contribution >= 4 is 40.7 Å². The largest absolute Gasteiger partial charge is 0.416 e. The molecule has 0 radical (unpaired) electrons. The molecular weight excluding hydrogens is 337 g/mol. The molecule has 0 unspecified atom stereocenters. The van der Waals surface area contributed by atoms with Gasteiger partial charge in [0.25, 0.3) is 5.91 Å². The molecule has 1 N–H and O–H groups in total. The lowest BCUT2D eigenvalue weighted by molar-refractivity contribution is -0.137. The maximum Gasteiger partial charge on any atom is 0.416 e. The fourth-order valence-electron chi connectivity index (χ4n) is 1.40. The van der Waals surface area contributed by atoms with E-state index in [9.17, 15) is 18.0 Å². The lowest BCUT2D eigenvalue weighted by atomic mass is 10.1. The van der Waals surface area contributed by atoms with Crippen LogP contribution in [-0.2, 0) is 17.5 Å². The number of hydrogen-bond donors (Lipinski definition) is 1. The molecule has 1 aromatic rings. The second-order valence-corrected chi connectivity index (χ2v) is 5.89. The molecule has 0 aromatic heterocycles. The third-order valence-corrected chi connectivity index (χ3v) is 3.36. The Balaban J connectivity index is 2.69. The van der Waals surface area contributed by atoms with Crippen molar-refractivity contribution in [3.63, 3.8) is 0 Å². The lowest BCUT2D eigenvalue weighted by Gasteiger charge is -2.17. The first-order chi connectivity index (χ1) is 9.16. The van der Waals surface area contributed by atoms with Crippen molar-refractivity contribution in [2.45, 2.75) is 23.5 Å².